The predicted molar refractivity (Wildman–Crippen MR) is 106 cm³/mol. The molecule has 1 heterocycles. The molecule has 142 valence electrons. The van der Waals surface area contributed by atoms with E-state index < -0.39 is 0 Å². The number of rotatable bonds is 3. The highest BCUT2D eigenvalue weighted by molar-refractivity contribution is 5.35. The predicted octanol–water partition coefficient (Wildman–Crippen LogP) is 6.95. The number of hydrogen-bond acceptors (Lipinski definition) is 2. The average molecular weight is 347 g/mol. The largest absolute Gasteiger partial charge is 0.512 e. The summed E-state index contributed by atoms with van der Waals surface area (Å²) in [5, 5.41) is 10.1. The van der Waals surface area contributed by atoms with E-state index in [1.165, 1.54) is 18.4 Å². The maximum Gasteiger partial charge on any atom is 0.125 e. The van der Waals surface area contributed by atoms with Crippen LogP contribution in [0.5, 0.6) is 0 Å². The van der Waals surface area contributed by atoms with Gasteiger partial charge in [0.15, 0.2) is 0 Å². The van der Waals surface area contributed by atoms with Crippen LogP contribution in [0, 0.1) is 22.7 Å². The third-order valence-electron chi connectivity index (χ3n) is 7.49. The van der Waals surface area contributed by atoms with E-state index in [-0.39, 0.29) is 16.4 Å². The van der Waals surface area contributed by atoms with Gasteiger partial charge in [0.25, 0.3) is 0 Å². The van der Waals surface area contributed by atoms with Crippen molar-refractivity contribution in [3.05, 3.63) is 34.8 Å². The van der Waals surface area contributed by atoms with E-state index in [1.807, 2.05) is 6.92 Å². The van der Waals surface area contributed by atoms with Gasteiger partial charge in [-0.15, -0.1) is 0 Å². The number of allylic oxidation sites excluding steroid dienone is 5. The highest BCUT2D eigenvalue weighted by atomic mass is 16.5. The highest BCUT2D eigenvalue weighted by Crippen LogP contribution is 2.63. The number of aliphatic hydroxyl groups excluding tert-OH is 1. The van der Waals surface area contributed by atoms with E-state index in [9.17, 15) is 5.11 Å². The Morgan fingerprint density at radius 3 is 2.36 bits per heavy atom. The van der Waals surface area contributed by atoms with E-state index in [0.29, 0.717) is 17.6 Å². The standard InChI is InChI=1S/C23H38O2/c1-10-13-21(6,7)19-12-11-16(3)22(8)14-15(2)20(17(4)18(5)24)25-23(19,22)9/h10,13,16,19,24H,11-12,14H2,1-9H3/b13-10-,18-17+. The first-order valence-corrected chi connectivity index (χ1v) is 9.80. The number of hydrogen-bond donors (Lipinski definition) is 1. The van der Waals surface area contributed by atoms with Crippen molar-refractivity contribution in [2.45, 2.75) is 87.2 Å². The first kappa shape index (κ1) is 20.1. The summed E-state index contributed by atoms with van der Waals surface area (Å²) in [7, 11) is 0. The molecule has 0 radical (unpaired) electrons. The smallest absolute Gasteiger partial charge is 0.125 e. The monoisotopic (exact) mass is 346 g/mol. The fourth-order valence-corrected chi connectivity index (χ4v) is 5.55. The molecule has 0 spiro atoms. The van der Waals surface area contributed by atoms with Crippen molar-refractivity contribution >= 4 is 0 Å². The molecule has 0 bridgehead atoms. The molecule has 1 aliphatic carbocycles. The zero-order chi connectivity index (χ0) is 19.2. The normalized spacial score (nSPS) is 37.6. The minimum atomic E-state index is -0.251. The van der Waals surface area contributed by atoms with E-state index in [2.05, 4.69) is 60.6 Å². The summed E-state index contributed by atoms with van der Waals surface area (Å²) in [5.74, 6) is 2.32. The fraction of sp³-hybridized carbons (Fsp3) is 0.739. The lowest BCUT2D eigenvalue weighted by Crippen LogP contribution is -2.62. The summed E-state index contributed by atoms with van der Waals surface area (Å²) >= 11 is 0. The summed E-state index contributed by atoms with van der Waals surface area (Å²) in [6.45, 7) is 19.8. The van der Waals surface area contributed by atoms with Crippen LogP contribution in [0.25, 0.3) is 0 Å². The summed E-state index contributed by atoms with van der Waals surface area (Å²) in [6, 6.07) is 0. The number of ether oxygens (including phenoxy) is 1. The molecule has 0 aromatic rings. The Bertz CT molecular complexity index is 618. The van der Waals surface area contributed by atoms with E-state index in [0.717, 1.165) is 17.8 Å². The Hall–Kier alpha value is -1.18. The van der Waals surface area contributed by atoms with Gasteiger partial charge in [0, 0.05) is 16.9 Å². The molecule has 25 heavy (non-hydrogen) atoms. The molecule has 0 aromatic carbocycles. The lowest BCUT2D eigenvalue weighted by molar-refractivity contribution is -0.200. The van der Waals surface area contributed by atoms with Gasteiger partial charge < -0.3 is 9.84 Å². The van der Waals surface area contributed by atoms with Crippen molar-refractivity contribution in [2.24, 2.45) is 22.7 Å². The summed E-state index contributed by atoms with van der Waals surface area (Å²) in [4.78, 5) is 0. The van der Waals surface area contributed by atoms with Crippen LogP contribution in [0.3, 0.4) is 0 Å². The quantitative estimate of drug-likeness (QED) is 0.443. The molecule has 2 rings (SSSR count). The molecule has 0 amide bonds. The molecule has 0 aromatic heterocycles. The molecule has 1 saturated carbocycles. The SMILES string of the molecule is C/C=C\C(C)(C)C1CCC(C)C2(C)CC(C)=C(/C(C)=C(\C)O)OC12C. The molecule has 0 saturated heterocycles. The third kappa shape index (κ3) is 3.06. The summed E-state index contributed by atoms with van der Waals surface area (Å²) in [5.41, 5.74) is 2.07. The van der Waals surface area contributed by atoms with Gasteiger partial charge in [0.2, 0.25) is 0 Å². The second-order valence-corrected chi connectivity index (χ2v) is 9.48. The van der Waals surface area contributed by atoms with Crippen molar-refractivity contribution in [3.63, 3.8) is 0 Å². The maximum atomic E-state index is 10.1. The lowest BCUT2D eigenvalue weighted by Gasteiger charge is -2.62. The van der Waals surface area contributed by atoms with Crippen LogP contribution < -0.4 is 0 Å². The highest BCUT2D eigenvalue weighted by Gasteiger charge is 2.61. The van der Waals surface area contributed by atoms with Crippen LogP contribution in [0.15, 0.2) is 34.8 Å². The lowest BCUT2D eigenvalue weighted by atomic mass is 9.48. The second-order valence-electron chi connectivity index (χ2n) is 9.48. The molecule has 2 nitrogen and oxygen atoms in total. The topological polar surface area (TPSA) is 29.5 Å². The first-order chi connectivity index (χ1) is 11.4. The number of fused-ring (bicyclic) bond motifs is 1. The second kappa shape index (κ2) is 6.52. The van der Waals surface area contributed by atoms with Crippen molar-refractivity contribution in [3.8, 4) is 0 Å². The van der Waals surface area contributed by atoms with Crippen molar-refractivity contribution in [1.82, 2.24) is 0 Å². The van der Waals surface area contributed by atoms with Gasteiger partial charge in [-0.25, -0.2) is 0 Å². The Morgan fingerprint density at radius 2 is 1.84 bits per heavy atom. The van der Waals surface area contributed by atoms with Gasteiger partial charge in [-0.2, -0.15) is 0 Å². The van der Waals surface area contributed by atoms with Gasteiger partial charge in [0.1, 0.15) is 11.4 Å². The van der Waals surface area contributed by atoms with Crippen LogP contribution in [0.4, 0.5) is 0 Å². The fourth-order valence-electron chi connectivity index (χ4n) is 5.55. The van der Waals surface area contributed by atoms with Crippen LogP contribution in [0.1, 0.15) is 81.6 Å². The van der Waals surface area contributed by atoms with Gasteiger partial charge in [-0.3, -0.25) is 0 Å². The summed E-state index contributed by atoms with van der Waals surface area (Å²) < 4.78 is 6.86. The Balaban J connectivity index is 2.62. The van der Waals surface area contributed by atoms with E-state index in [1.54, 1.807) is 6.92 Å². The Kier molecular flexibility index (Phi) is 5.25. The zero-order valence-electron chi connectivity index (χ0n) is 17.8. The van der Waals surface area contributed by atoms with Gasteiger partial charge in [-0.05, 0) is 70.8 Å². The molecule has 4 unspecified atom stereocenters. The molecule has 1 N–H and O–H groups in total. The average Bonchev–Trinajstić information content (AvgIpc) is 2.48. The van der Waals surface area contributed by atoms with Gasteiger partial charge >= 0.3 is 0 Å². The van der Waals surface area contributed by atoms with Crippen LogP contribution in [-0.4, -0.2) is 10.7 Å². The zero-order valence-corrected chi connectivity index (χ0v) is 17.8. The first-order valence-electron chi connectivity index (χ1n) is 9.80. The third-order valence-corrected chi connectivity index (χ3v) is 7.49. The molecule has 1 aliphatic heterocycles. The van der Waals surface area contributed by atoms with Crippen LogP contribution in [-0.2, 0) is 4.74 Å². The molecule has 1 fully saturated rings. The van der Waals surface area contributed by atoms with Crippen molar-refractivity contribution in [1.29, 1.82) is 0 Å². The molecule has 2 heteroatoms. The van der Waals surface area contributed by atoms with E-state index in [4.69, 9.17) is 4.74 Å². The van der Waals surface area contributed by atoms with E-state index >= 15 is 0 Å². The van der Waals surface area contributed by atoms with Crippen LogP contribution in [0.2, 0.25) is 0 Å². The molecular weight excluding hydrogens is 308 g/mol. The van der Waals surface area contributed by atoms with Crippen molar-refractivity contribution < 1.29 is 9.84 Å². The van der Waals surface area contributed by atoms with Crippen LogP contribution >= 0.6 is 0 Å². The maximum absolute atomic E-state index is 10.1. The van der Waals surface area contributed by atoms with Crippen molar-refractivity contribution in [2.75, 3.05) is 0 Å². The summed E-state index contributed by atoms with van der Waals surface area (Å²) in [6.07, 6.45) is 7.97. The molecule has 4 atom stereocenters. The van der Waals surface area contributed by atoms with Gasteiger partial charge in [-0.1, -0.05) is 39.8 Å². The molecular formula is C23H38O2. The Labute approximate surface area is 155 Å². The molecule has 2 aliphatic rings. The number of aliphatic hydroxyl groups is 1. The minimum absolute atomic E-state index is 0.0765. The van der Waals surface area contributed by atoms with Gasteiger partial charge in [0.05, 0.1) is 5.76 Å². The minimum Gasteiger partial charge on any atom is -0.512 e. The Morgan fingerprint density at radius 1 is 1.24 bits per heavy atom.